The van der Waals surface area contributed by atoms with E-state index in [1.807, 2.05) is 20.9 Å². The maximum absolute atomic E-state index is 12.4. The first-order valence-corrected chi connectivity index (χ1v) is 8.38. The van der Waals surface area contributed by atoms with Gasteiger partial charge in [-0.05, 0) is 26.0 Å². The van der Waals surface area contributed by atoms with Gasteiger partial charge >= 0.3 is 0 Å². The minimum Gasteiger partial charge on any atom is -0.349 e. The van der Waals surface area contributed by atoms with Crippen molar-refractivity contribution < 1.29 is 4.79 Å². The summed E-state index contributed by atoms with van der Waals surface area (Å²) in [4.78, 5) is 36.7. The van der Waals surface area contributed by atoms with Crippen LogP contribution in [0, 0.1) is 6.92 Å². The molecule has 0 spiro atoms. The van der Waals surface area contributed by atoms with Gasteiger partial charge in [0.05, 0.1) is 29.6 Å². The number of rotatable bonds is 5. The molecule has 1 unspecified atom stereocenters. The van der Waals surface area contributed by atoms with Gasteiger partial charge in [-0.3, -0.25) is 24.2 Å². The lowest BCUT2D eigenvalue weighted by atomic mass is 10.1. The first-order valence-electron chi connectivity index (χ1n) is 8.38. The van der Waals surface area contributed by atoms with Crippen molar-refractivity contribution in [3.63, 3.8) is 0 Å². The van der Waals surface area contributed by atoms with E-state index in [1.54, 1.807) is 35.1 Å². The van der Waals surface area contributed by atoms with Gasteiger partial charge in [-0.2, -0.15) is 5.10 Å². The van der Waals surface area contributed by atoms with E-state index in [9.17, 15) is 14.4 Å². The largest absolute Gasteiger partial charge is 0.349 e. The summed E-state index contributed by atoms with van der Waals surface area (Å²) in [7, 11) is 1.84. The standard InChI is InChI=1S/C18H21N5O3/c1-11(15-10-19-22(3)12(15)2)20-16(24)8-9-23-18(26)14-7-5-4-6-13(14)17(25)21-23/h4-7,10-11H,8-9H2,1-3H3,(H,20,24)(H,21,25). The number of fused-ring (bicyclic) bond motifs is 1. The van der Waals surface area contributed by atoms with Crippen LogP contribution < -0.4 is 16.4 Å². The highest BCUT2D eigenvalue weighted by atomic mass is 16.2. The zero-order valence-corrected chi connectivity index (χ0v) is 14.9. The molecular weight excluding hydrogens is 334 g/mol. The van der Waals surface area contributed by atoms with E-state index in [2.05, 4.69) is 15.5 Å². The molecule has 3 aromatic rings. The summed E-state index contributed by atoms with van der Waals surface area (Å²) in [6.07, 6.45) is 1.81. The first kappa shape index (κ1) is 17.7. The van der Waals surface area contributed by atoms with Crippen molar-refractivity contribution in [2.45, 2.75) is 32.9 Å². The van der Waals surface area contributed by atoms with Crippen molar-refractivity contribution in [3.8, 4) is 0 Å². The molecule has 0 aliphatic heterocycles. The SMILES string of the molecule is Cc1c(C(C)NC(=O)CCn2[nH]c(=O)c3ccccc3c2=O)cnn1C. The Hall–Kier alpha value is -3.16. The van der Waals surface area contributed by atoms with E-state index in [0.717, 1.165) is 11.3 Å². The number of aryl methyl sites for hydroxylation is 2. The van der Waals surface area contributed by atoms with Crippen molar-refractivity contribution in [1.82, 2.24) is 24.9 Å². The molecule has 0 aliphatic carbocycles. The van der Waals surface area contributed by atoms with Gasteiger partial charge in [0.25, 0.3) is 11.1 Å². The molecule has 26 heavy (non-hydrogen) atoms. The second-order valence-electron chi connectivity index (χ2n) is 6.29. The summed E-state index contributed by atoms with van der Waals surface area (Å²) < 4.78 is 2.93. The number of benzene rings is 1. The number of aromatic amines is 1. The summed E-state index contributed by atoms with van der Waals surface area (Å²) >= 11 is 0. The van der Waals surface area contributed by atoms with Crippen LogP contribution in [0.15, 0.2) is 40.1 Å². The van der Waals surface area contributed by atoms with Crippen molar-refractivity contribution in [3.05, 3.63) is 62.4 Å². The lowest BCUT2D eigenvalue weighted by Crippen LogP contribution is -2.33. The van der Waals surface area contributed by atoms with Gasteiger partial charge in [0.2, 0.25) is 5.91 Å². The number of carbonyl (C=O) groups is 1. The van der Waals surface area contributed by atoms with E-state index < -0.39 is 0 Å². The van der Waals surface area contributed by atoms with Crippen LogP contribution >= 0.6 is 0 Å². The normalized spacial score (nSPS) is 12.3. The van der Waals surface area contributed by atoms with Crippen molar-refractivity contribution >= 4 is 16.7 Å². The third-order valence-corrected chi connectivity index (χ3v) is 4.56. The Bertz CT molecular complexity index is 1080. The van der Waals surface area contributed by atoms with Crippen LogP contribution in [-0.4, -0.2) is 25.5 Å². The van der Waals surface area contributed by atoms with Crippen molar-refractivity contribution in [2.75, 3.05) is 0 Å². The minimum atomic E-state index is -0.347. The maximum atomic E-state index is 12.4. The van der Waals surface area contributed by atoms with E-state index in [4.69, 9.17) is 0 Å². The molecule has 0 aliphatic rings. The molecule has 136 valence electrons. The van der Waals surface area contributed by atoms with Gasteiger partial charge in [0.15, 0.2) is 0 Å². The molecule has 0 radical (unpaired) electrons. The lowest BCUT2D eigenvalue weighted by Gasteiger charge is -2.14. The van der Waals surface area contributed by atoms with E-state index >= 15 is 0 Å². The Kier molecular flexibility index (Phi) is 4.75. The molecule has 1 atom stereocenters. The molecule has 1 aromatic carbocycles. The number of nitrogens with zero attached hydrogens (tertiary/aromatic N) is 3. The predicted molar refractivity (Wildman–Crippen MR) is 97.9 cm³/mol. The van der Waals surface area contributed by atoms with Crippen LogP contribution in [0.2, 0.25) is 0 Å². The summed E-state index contributed by atoms with van der Waals surface area (Å²) in [5, 5.41) is 10.3. The monoisotopic (exact) mass is 355 g/mol. The first-order chi connectivity index (χ1) is 12.4. The van der Waals surface area contributed by atoms with Crippen LogP contribution in [0.25, 0.3) is 10.8 Å². The average molecular weight is 355 g/mol. The molecule has 8 heteroatoms. The van der Waals surface area contributed by atoms with Gasteiger partial charge in [-0.15, -0.1) is 0 Å². The van der Waals surface area contributed by atoms with E-state index in [0.29, 0.717) is 10.8 Å². The molecule has 8 nitrogen and oxygen atoms in total. The fraction of sp³-hybridized carbons (Fsp3) is 0.333. The molecule has 0 saturated carbocycles. The molecule has 0 bridgehead atoms. The molecular formula is C18H21N5O3. The smallest absolute Gasteiger partial charge is 0.273 e. The topological polar surface area (TPSA) is 102 Å². The van der Waals surface area contributed by atoms with Crippen molar-refractivity contribution in [2.24, 2.45) is 7.05 Å². The Balaban J connectivity index is 1.71. The van der Waals surface area contributed by atoms with Crippen LogP contribution in [0.5, 0.6) is 0 Å². The minimum absolute atomic E-state index is 0.0812. The Morgan fingerprint density at radius 3 is 2.62 bits per heavy atom. The Morgan fingerprint density at radius 2 is 1.96 bits per heavy atom. The fourth-order valence-corrected chi connectivity index (χ4v) is 2.95. The van der Waals surface area contributed by atoms with Crippen LogP contribution in [0.3, 0.4) is 0 Å². The number of H-pyrrole nitrogens is 1. The lowest BCUT2D eigenvalue weighted by molar-refractivity contribution is -0.122. The Labute approximate surface area is 149 Å². The molecule has 1 amide bonds. The summed E-state index contributed by atoms with van der Waals surface area (Å²) in [5.74, 6) is -0.207. The quantitative estimate of drug-likeness (QED) is 0.713. The fourth-order valence-electron chi connectivity index (χ4n) is 2.95. The second-order valence-corrected chi connectivity index (χ2v) is 6.29. The maximum Gasteiger partial charge on any atom is 0.273 e. The predicted octanol–water partition coefficient (Wildman–Crippen LogP) is 0.999. The number of carbonyl (C=O) groups excluding carboxylic acids is 1. The second kappa shape index (κ2) is 6.99. The zero-order chi connectivity index (χ0) is 18.8. The molecule has 3 rings (SSSR count). The van der Waals surface area contributed by atoms with Gasteiger partial charge in [0, 0.05) is 24.7 Å². The number of amides is 1. The summed E-state index contributed by atoms with van der Waals surface area (Å²) in [6.45, 7) is 3.92. The van der Waals surface area contributed by atoms with E-state index in [-0.39, 0.29) is 36.0 Å². The van der Waals surface area contributed by atoms with Gasteiger partial charge in [0.1, 0.15) is 0 Å². The van der Waals surface area contributed by atoms with Gasteiger partial charge < -0.3 is 5.32 Å². The number of hydrogen-bond acceptors (Lipinski definition) is 4. The Morgan fingerprint density at radius 1 is 1.27 bits per heavy atom. The van der Waals surface area contributed by atoms with Crippen LogP contribution in [0.4, 0.5) is 0 Å². The van der Waals surface area contributed by atoms with E-state index in [1.165, 1.54) is 4.68 Å². The van der Waals surface area contributed by atoms with Crippen LogP contribution in [-0.2, 0) is 18.4 Å². The number of aromatic nitrogens is 4. The third-order valence-electron chi connectivity index (χ3n) is 4.56. The molecule has 2 aromatic heterocycles. The highest BCUT2D eigenvalue weighted by Gasteiger charge is 2.15. The van der Waals surface area contributed by atoms with Gasteiger partial charge in [-0.1, -0.05) is 12.1 Å². The number of hydrogen-bond donors (Lipinski definition) is 2. The molecule has 0 fully saturated rings. The number of nitrogens with one attached hydrogen (secondary N) is 2. The third kappa shape index (κ3) is 3.30. The van der Waals surface area contributed by atoms with Gasteiger partial charge in [-0.25, -0.2) is 4.68 Å². The average Bonchev–Trinajstić information content (AvgIpc) is 2.96. The summed E-state index contributed by atoms with van der Waals surface area (Å²) in [5.41, 5.74) is 1.26. The zero-order valence-electron chi connectivity index (χ0n) is 14.9. The van der Waals surface area contributed by atoms with Crippen molar-refractivity contribution in [1.29, 1.82) is 0 Å². The highest BCUT2D eigenvalue weighted by molar-refractivity contribution is 5.80. The highest BCUT2D eigenvalue weighted by Crippen LogP contribution is 2.15. The molecule has 2 heterocycles. The molecule has 0 saturated heterocycles. The molecule has 2 N–H and O–H groups in total. The summed E-state index contributed by atoms with van der Waals surface area (Å²) in [6, 6.07) is 6.43. The van der Waals surface area contributed by atoms with Crippen LogP contribution in [0.1, 0.15) is 30.6 Å².